The molecule has 0 aliphatic heterocycles. The average molecular weight is 248 g/mol. The van der Waals surface area contributed by atoms with Crippen molar-refractivity contribution in [3.8, 4) is 0 Å². The molecule has 0 amide bonds. The maximum absolute atomic E-state index is 9.64. The molecule has 1 aliphatic rings. The Balaban J connectivity index is 2.22. The quantitative estimate of drug-likeness (QED) is 0.839. The minimum absolute atomic E-state index is 0.0399. The van der Waals surface area contributed by atoms with Crippen molar-refractivity contribution in [1.29, 1.82) is 0 Å². The topological polar surface area (TPSA) is 40.5 Å². The second-order valence-electron chi connectivity index (χ2n) is 5.97. The van der Waals surface area contributed by atoms with Gasteiger partial charge in [0.2, 0.25) is 0 Å². The third-order valence-electron chi connectivity index (χ3n) is 4.57. The van der Waals surface area contributed by atoms with Gasteiger partial charge in [-0.1, -0.05) is 32.0 Å². The molecule has 0 fully saturated rings. The van der Waals surface area contributed by atoms with E-state index in [9.17, 15) is 10.2 Å². The van der Waals surface area contributed by atoms with Crippen molar-refractivity contribution in [2.24, 2.45) is 11.3 Å². The molecule has 0 bridgehead atoms. The summed E-state index contributed by atoms with van der Waals surface area (Å²) in [6.45, 7) is 4.22. The van der Waals surface area contributed by atoms with Crippen molar-refractivity contribution in [2.75, 3.05) is 13.2 Å². The van der Waals surface area contributed by atoms with Crippen LogP contribution < -0.4 is 0 Å². The molecule has 1 aliphatic carbocycles. The first-order chi connectivity index (χ1) is 8.61. The summed E-state index contributed by atoms with van der Waals surface area (Å²) in [6.07, 6.45) is 4.39. The Bertz CT molecular complexity index is 406. The molecule has 2 rings (SSSR count). The van der Waals surface area contributed by atoms with Gasteiger partial charge in [0, 0.05) is 5.41 Å². The van der Waals surface area contributed by atoms with Gasteiger partial charge in [-0.05, 0) is 48.3 Å². The normalized spacial score (nSPS) is 15.2. The number of hydrogen-bond acceptors (Lipinski definition) is 2. The van der Waals surface area contributed by atoms with E-state index in [2.05, 4.69) is 32.0 Å². The predicted molar refractivity (Wildman–Crippen MR) is 73.6 cm³/mol. The van der Waals surface area contributed by atoms with Crippen LogP contribution in [0.2, 0.25) is 0 Å². The number of rotatable bonds is 5. The van der Waals surface area contributed by atoms with Crippen LogP contribution in [-0.2, 0) is 19.3 Å². The first kappa shape index (κ1) is 13.6. The van der Waals surface area contributed by atoms with E-state index < -0.39 is 5.41 Å². The monoisotopic (exact) mass is 248 g/mol. The van der Waals surface area contributed by atoms with Crippen molar-refractivity contribution in [2.45, 2.75) is 39.5 Å². The fourth-order valence-corrected chi connectivity index (χ4v) is 2.87. The first-order valence-corrected chi connectivity index (χ1v) is 6.94. The standard InChI is InChI=1S/C16H24O2/c1-12(2)16(10-17,11-18)9-13-6-7-14-4-3-5-15(14)8-13/h6-8,12,17-18H,3-5,9-11H2,1-2H3. The largest absolute Gasteiger partial charge is 0.396 e. The minimum atomic E-state index is -0.396. The van der Waals surface area contributed by atoms with Crippen LogP contribution in [0.4, 0.5) is 0 Å². The Morgan fingerprint density at radius 3 is 2.39 bits per heavy atom. The summed E-state index contributed by atoms with van der Waals surface area (Å²) in [5.41, 5.74) is 3.78. The van der Waals surface area contributed by atoms with E-state index in [1.165, 1.54) is 36.0 Å². The molecule has 0 unspecified atom stereocenters. The molecule has 2 heteroatoms. The fraction of sp³-hybridized carbons (Fsp3) is 0.625. The van der Waals surface area contributed by atoms with Gasteiger partial charge in [-0.15, -0.1) is 0 Å². The van der Waals surface area contributed by atoms with Crippen molar-refractivity contribution in [3.05, 3.63) is 34.9 Å². The van der Waals surface area contributed by atoms with Crippen molar-refractivity contribution >= 4 is 0 Å². The van der Waals surface area contributed by atoms with Crippen LogP contribution in [0.3, 0.4) is 0 Å². The van der Waals surface area contributed by atoms with Crippen molar-refractivity contribution in [3.63, 3.8) is 0 Å². The molecular weight excluding hydrogens is 224 g/mol. The Morgan fingerprint density at radius 1 is 1.11 bits per heavy atom. The highest BCUT2D eigenvalue weighted by molar-refractivity contribution is 5.35. The fourth-order valence-electron chi connectivity index (χ4n) is 2.87. The summed E-state index contributed by atoms with van der Waals surface area (Å²) < 4.78 is 0. The molecular formula is C16H24O2. The van der Waals surface area contributed by atoms with E-state index in [-0.39, 0.29) is 19.1 Å². The molecule has 0 spiro atoms. The highest BCUT2D eigenvalue weighted by Gasteiger charge is 2.33. The number of hydrogen-bond donors (Lipinski definition) is 2. The Hall–Kier alpha value is -0.860. The lowest BCUT2D eigenvalue weighted by molar-refractivity contribution is 0.0163. The summed E-state index contributed by atoms with van der Waals surface area (Å²) in [7, 11) is 0. The summed E-state index contributed by atoms with van der Waals surface area (Å²) >= 11 is 0. The molecule has 0 atom stereocenters. The van der Waals surface area contributed by atoms with Gasteiger partial charge < -0.3 is 10.2 Å². The molecule has 0 saturated heterocycles. The van der Waals surface area contributed by atoms with E-state index in [4.69, 9.17) is 0 Å². The highest BCUT2D eigenvalue weighted by atomic mass is 16.3. The zero-order valence-corrected chi connectivity index (χ0v) is 11.4. The molecule has 0 radical (unpaired) electrons. The number of aryl methyl sites for hydroxylation is 2. The van der Waals surface area contributed by atoms with Crippen LogP contribution in [-0.4, -0.2) is 23.4 Å². The SMILES string of the molecule is CC(C)C(CO)(CO)Cc1ccc2c(c1)CCC2. The smallest absolute Gasteiger partial charge is 0.0515 e. The number of benzene rings is 1. The molecule has 0 heterocycles. The second-order valence-corrected chi connectivity index (χ2v) is 5.97. The molecule has 18 heavy (non-hydrogen) atoms. The van der Waals surface area contributed by atoms with Gasteiger partial charge in [0.1, 0.15) is 0 Å². The van der Waals surface area contributed by atoms with Gasteiger partial charge >= 0.3 is 0 Å². The molecule has 100 valence electrons. The Labute approximate surface area is 110 Å². The summed E-state index contributed by atoms with van der Waals surface area (Å²) in [4.78, 5) is 0. The lowest BCUT2D eigenvalue weighted by Crippen LogP contribution is -2.37. The molecule has 0 saturated carbocycles. The zero-order chi connectivity index (χ0) is 13.2. The molecule has 1 aromatic carbocycles. The Morgan fingerprint density at radius 2 is 1.78 bits per heavy atom. The van der Waals surface area contributed by atoms with Crippen molar-refractivity contribution in [1.82, 2.24) is 0 Å². The van der Waals surface area contributed by atoms with Gasteiger partial charge in [-0.2, -0.15) is 0 Å². The predicted octanol–water partition coefficient (Wildman–Crippen LogP) is 2.34. The van der Waals surface area contributed by atoms with Gasteiger partial charge in [0.05, 0.1) is 13.2 Å². The van der Waals surface area contributed by atoms with Crippen LogP contribution in [0.5, 0.6) is 0 Å². The van der Waals surface area contributed by atoms with Gasteiger partial charge in [0.25, 0.3) is 0 Å². The molecule has 2 nitrogen and oxygen atoms in total. The zero-order valence-electron chi connectivity index (χ0n) is 11.4. The number of fused-ring (bicyclic) bond motifs is 1. The first-order valence-electron chi connectivity index (χ1n) is 6.94. The van der Waals surface area contributed by atoms with E-state index in [1.54, 1.807) is 0 Å². The van der Waals surface area contributed by atoms with Gasteiger partial charge in [0.15, 0.2) is 0 Å². The number of aliphatic hydroxyl groups excluding tert-OH is 2. The van der Waals surface area contributed by atoms with Crippen LogP contribution in [0.25, 0.3) is 0 Å². The van der Waals surface area contributed by atoms with Crippen molar-refractivity contribution < 1.29 is 10.2 Å². The number of aliphatic hydroxyl groups is 2. The summed E-state index contributed by atoms with van der Waals surface area (Å²) in [6, 6.07) is 6.65. The summed E-state index contributed by atoms with van der Waals surface area (Å²) in [5, 5.41) is 19.3. The maximum Gasteiger partial charge on any atom is 0.0515 e. The Kier molecular flexibility index (Phi) is 4.08. The molecule has 1 aromatic rings. The van der Waals surface area contributed by atoms with Crippen LogP contribution >= 0.6 is 0 Å². The van der Waals surface area contributed by atoms with Gasteiger partial charge in [-0.3, -0.25) is 0 Å². The van der Waals surface area contributed by atoms with E-state index in [0.717, 1.165) is 6.42 Å². The van der Waals surface area contributed by atoms with Crippen LogP contribution in [0.15, 0.2) is 18.2 Å². The van der Waals surface area contributed by atoms with E-state index in [0.29, 0.717) is 0 Å². The van der Waals surface area contributed by atoms with Gasteiger partial charge in [-0.25, -0.2) is 0 Å². The highest BCUT2D eigenvalue weighted by Crippen LogP contribution is 2.32. The minimum Gasteiger partial charge on any atom is -0.396 e. The third kappa shape index (κ3) is 2.45. The molecule has 2 N–H and O–H groups in total. The lowest BCUT2D eigenvalue weighted by atomic mass is 9.74. The average Bonchev–Trinajstić information content (AvgIpc) is 2.83. The molecule has 0 aromatic heterocycles. The van der Waals surface area contributed by atoms with E-state index >= 15 is 0 Å². The second kappa shape index (κ2) is 5.41. The van der Waals surface area contributed by atoms with E-state index in [1.807, 2.05) is 0 Å². The van der Waals surface area contributed by atoms with Crippen LogP contribution in [0, 0.1) is 11.3 Å². The third-order valence-corrected chi connectivity index (χ3v) is 4.57. The maximum atomic E-state index is 9.64. The lowest BCUT2D eigenvalue weighted by Gasteiger charge is -2.34. The van der Waals surface area contributed by atoms with Crippen LogP contribution in [0.1, 0.15) is 37.0 Å². The summed E-state index contributed by atoms with van der Waals surface area (Å²) in [5.74, 6) is 0.265.